The van der Waals surface area contributed by atoms with Gasteiger partial charge in [-0.15, -0.1) is 0 Å². The van der Waals surface area contributed by atoms with Crippen molar-refractivity contribution in [3.8, 4) is 0 Å². The van der Waals surface area contributed by atoms with E-state index in [1.165, 1.54) is 0 Å². The summed E-state index contributed by atoms with van der Waals surface area (Å²) in [6.45, 7) is 7.14. The van der Waals surface area contributed by atoms with Crippen LogP contribution in [0.25, 0.3) is 0 Å². The maximum atomic E-state index is 10.8. The molecule has 1 heterocycles. The Balaban J connectivity index is 2.47. The highest BCUT2D eigenvalue weighted by atomic mass is 16.4. The van der Waals surface area contributed by atoms with Gasteiger partial charge < -0.3 is 15.5 Å². The lowest BCUT2D eigenvalue weighted by atomic mass is 9.91. The van der Waals surface area contributed by atoms with E-state index in [1.807, 2.05) is 4.90 Å². The molecular formula is C13H26N2O3. The van der Waals surface area contributed by atoms with E-state index in [1.54, 1.807) is 0 Å². The molecular weight excluding hydrogens is 232 g/mol. The number of likely N-dealkylation sites (tertiary alicyclic amines) is 1. The number of aliphatic hydroxyl groups is 1. The van der Waals surface area contributed by atoms with Crippen LogP contribution < -0.4 is 5.32 Å². The first-order chi connectivity index (χ1) is 8.51. The van der Waals surface area contributed by atoms with Gasteiger partial charge in [0.15, 0.2) is 0 Å². The first-order valence-electron chi connectivity index (χ1n) is 6.79. The summed E-state index contributed by atoms with van der Waals surface area (Å²) in [7, 11) is 0. The second kappa shape index (κ2) is 7.71. The van der Waals surface area contributed by atoms with Gasteiger partial charge in [-0.25, -0.2) is 0 Å². The van der Waals surface area contributed by atoms with E-state index < -0.39 is 5.97 Å². The topological polar surface area (TPSA) is 72.8 Å². The summed E-state index contributed by atoms with van der Waals surface area (Å²) in [5.41, 5.74) is 0. The number of carboxylic acids is 1. The summed E-state index contributed by atoms with van der Waals surface area (Å²) in [5.74, 6) is 0.214. The molecule has 1 aliphatic heterocycles. The summed E-state index contributed by atoms with van der Waals surface area (Å²) in [5, 5.41) is 21.4. The van der Waals surface area contributed by atoms with Crippen molar-refractivity contribution >= 4 is 5.97 Å². The zero-order valence-electron chi connectivity index (χ0n) is 11.4. The zero-order valence-corrected chi connectivity index (χ0v) is 11.4. The van der Waals surface area contributed by atoms with Crippen molar-refractivity contribution in [2.75, 3.05) is 32.8 Å². The molecule has 0 bridgehead atoms. The SMILES string of the molecule is CC(C)CNC1CC(CCO)CN(CC(=O)O)C1. The summed E-state index contributed by atoms with van der Waals surface area (Å²) < 4.78 is 0. The largest absolute Gasteiger partial charge is 0.480 e. The van der Waals surface area contributed by atoms with Crippen LogP contribution in [-0.2, 0) is 4.79 Å². The molecule has 0 aromatic heterocycles. The van der Waals surface area contributed by atoms with Crippen LogP contribution in [0, 0.1) is 11.8 Å². The molecule has 106 valence electrons. The van der Waals surface area contributed by atoms with Gasteiger partial charge >= 0.3 is 5.97 Å². The molecule has 18 heavy (non-hydrogen) atoms. The van der Waals surface area contributed by atoms with Crippen LogP contribution in [0.15, 0.2) is 0 Å². The van der Waals surface area contributed by atoms with E-state index in [4.69, 9.17) is 10.2 Å². The average molecular weight is 258 g/mol. The Kier molecular flexibility index (Phi) is 6.60. The molecule has 1 rings (SSSR count). The Bertz CT molecular complexity index is 259. The van der Waals surface area contributed by atoms with E-state index in [9.17, 15) is 4.79 Å². The van der Waals surface area contributed by atoms with Crippen molar-refractivity contribution < 1.29 is 15.0 Å². The predicted molar refractivity (Wildman–Crippen MR) is 70.5 cm³/mol. The van der Waals surface area contributed by atoms with Crippen molar-refractivity contribution in [3.63, 3.8) is 0 Å². The number of hydrogen-bond acceptors (Lipinski definition) is 4. The fourth-order valence-electron chi connectivity index (χ4n) is 2.57. The lowest BCUT2D eigenvalue weighted by molar-refractivity contribution is -0.138. The fourth-order valence-corrected chi connectivity index (χ4v) is 2.57. The molecule has 1 saturated heterocycles. The summed E-state index contributed by atoms with van der Waals surface area (Å²) in [6, 6.07) is 0.344. The molecule has 5 heteroatoms. The standard InChI is InChI=1S/C13H26N2O3/c1-10(2)6-14-12-5-11(3-4-16)7-15(8-12)9-13(17)18/h10-12,14,16H,3-9H2,1-2H3,(H,17,18). The molecule has 2 unspecified atom stereocenters. The Morgan fingerprint density at radius 3 is 2.72 bits per heavy atom. The van der Waals surface area contributed by atoms with E-state index >= 15 is 0 Å². The normalized spacial score (nSPS) is 25.6. The molecule has 1 aliphatic rings. The van der Waals surface area contributed by atoms with E-state index in [2.05, 4.69) is 19.2 Å². The molecule has 0 aromatic carbocycles. The molecule has 0 aliphatic carbocycles. The molecule has 0 radical (unpaired) electrons. The van der Waals surface area contributed by atoms with Crippen molar-refractivity contribution in [3.05, 3.63) is 0 Å². The molecule has 0 saturated carbocycles. The number of piperidine rings is 1. The van der Waals surface area contributed by atoms with Gasteiger partial charge in [0.1, 0.15) is 0 Å². The average Bonchev–Trinajstić information content (AvgIpc) is 2.25. The van der Waals surface area contributed by atoms with Crippen LogP contribution in [0.5, 0.6) is 0 Å². The van der Waals surface area contributed by atoms with Gasteiger partial charge in [-0.3, -0.25) is 9.69 Å². The Labute approximate surface area is 109 Å². The predicted octanol–water partition coefficient (Wildman–Crippen LogP) is 0.390. The highest BCUT2D eigenvalue weighted by molar-refractivity contribution is 5.69. The lowest BCUT2D eigenvalue weighted by Gasteiger charge is -2.37. The van der Waals surface area contributed by atoms with Crippen molar-refractivity contribution in [1.82, 2.24) is 10.2 Å². The third-order valence-corrected chi connectivity index (χ3v) is 3.32. The second-order valence-corrected chi connectivity index (χ2v) is 5.70. The molecule has 3 N–H and O–H groups in total. The number of hydrogen-bond donors (Lipinski definition) is 3. The maximum Gasteiger partial charge on any atom is 0.317 e. The van der Waals surface area contributed by atoms with Gasteiger partial charge in [-0.1, -0.05) is 13.8 Å². The fraction of sp³-hybridized carbons (Fsp3) is 0.923. The monoisotopic (exact) mass is 258 g/mol. The van der Waals surface area contributed by atoms with E-state index in [-0.39, 0.29) is 13.2 Å². The van der Waals surface area contributed by atoms with Gasteiger partial charge in [0.2, 0.25) is 0 Å². The van der Waals surface area contributed by atoms with Gasteiger partial charge in [0, 0.05) is 25.7 Å². The van der Waals surface area contributed by atoms with Crippen LogP contribution >= 0.6 is 0 Å². The molecule has 2 atom stereocenters. The third kappa shape index (κ3) is 5.80. The maximum absolute atomic E-state index is 10.8. The first kappa shape index (κ1) is 15.4. The smallest absolute Gasteiger partial charge is 0.317 e. The number of rotatable bonds is 7. The first-order valence-corrected chi connectivity index (χ1v) is 6.79. The van der Waals surface area contributed by atoms with Crippen molar-refractivity contribution in [2.24, 2.45) is 11.8 Å². The van der Waals surface area contributed by atoms with Crippen molar-refractivity contribution in [2.45, 2.75) is 32.7 Å². The molecule has 0 spiro atoms. The molecule has 0 amide bonds. The zero-order chi connectivity index (χ0) is 13.5. The van der Waals surface area contributed by atoms with E-state index in [0.29, 0.717) is 17.9 Å². The third-order valence-electron chi connectivity index (χ3n) is 3.32. The Hall–Kier alpha value is -0.650. The summed E-state index contributed by atoms with van der Waals surface area (Å²) >= 11 is 0. The number of carbonyl (C=O) groups is 1. The number of nitrogens with one attached hydrogen (secondary N) is 1. The van der Waals surface area contributed by atoms with Gasteiger partial charge in [-0.05, 0) is 31.2 Å². The molecule has 0 aromatic rings. The Morgan fingerprint density at radius 2 is 2.17 bits per heavy atom. The van der Waals surface area contributed by atoms with Gasteiger partial charge in [0.25, 0.3) is 0 Å². The van der Waals surface area contributed by atoms with Crippen LogP contribution in [0.1, 0.15) is 26.7 Å². The quantitative estimate of drug-likeness (QED) is 0.616. The van der Waals surface area contributed by atoms with Crippen molar-refractivity contribution in [1.29, 1.82) is 0 Å². The Morgan fingerprint density at radius 1 is 1.44 bits per heavy atom. The number of aliphatic carboxylic acids is 1. The summed E-state index contributed by atoms with van der Waals surface area (Å²) in [4.78, 5) is 12.8. The molecule has 1 fully saturated rings. The van der Waals surface area contributed by atoms with Crippen LogP contribution in [0.4, 0.5) is 0 Å². The minimum absolute atomic E-state index is 0.0990. The lowest BCUT2D eigenvalue weighted by Crippen LogP contribution is -2.51. The minimum atomic E-state index is -0.776. The second-order valence-electron chi connectivity index (χ2n) is 5.70. The van der Waals surface area contributed by atoms with Gasteiger partial charge in [-0.2, -0.15) is 0 Å². The van der Waals surface area contributed by atoms with Crippen LogP contribution in [-0.4, -0.2) is 59.9 Å². The van der Waals surface area contributed by atoms with Gasteiger partial charge in [0.05, 0.1) is 6.54 Å². The molecule has 5 nitrogen and oxygen atoms in total. The van der Waals surface area contributed by atoms with E-state index in [0.717, 1.165) is 32.5 Å². The van der Waals surface area contributed by atoms with Crippen LogP contribution in [0.2, 0.25) is 0 Å². The number of carboxylic acid groups (broad SMARTS) is 1. The summed E-state index contributed by atoms with van der Waals surface area (Å²) in [6.07, 6.45) is 1.79. The number of aliphatic hydroxyl groups excluding tert-OH is 1. The highest BCUT2D eigenvalue weighted by Crippen LogP contribution is 2.19. The van der Waals surface area contributed by atoms with Crippen LogP contribution in [0.3, 0.4) is 0 Å². The minimum Gasteiger partial charge on any atom is -0.480 e. The highest BCUT2D eigenvalue weighted by Gasteiger charge is 2.27. The number of nitrogens with zero attached hydrogens (tertiary/aromatic N) is 1.